The second-order valence-electron chi connectivity index (χ2n) is 3.91. The molecule has 0 atom stereocenters. The number of carboxylic acids is 4. The predicted molar refractivity (Wildman–Crippen MR) is 52.9 cm³/mol. The summed E-state index contributed by atoms with van der Waals surface area (Å²) in [4.78, 5) is 43.4. The number of hydrogen-bond acceptors (Lipinski definition) is 10. The summed E-state index contributed by atoms with van der Waals surface area (Å²) in [5.74, 6) is -6.12. The van der Waals surface area contributed by atoms with Crippen LogP contribution in [0.15, 0.2) is 0 Å². The second-order valence-corrected chi connectivity index (χ2v) is 3.91. The number of carbonyl (C=O) groups excluding carboxylic acids is 4. The predicted octanol–water partition coefficient (Wildman–Crippen LogP) is -7.41. The molecule has 0 amide bonds. The molecule has 11 heteroatoms. The SMILES string of the molecule is O=C([O-])CN(CCN(CC(=O)[O-])CC(=O)[O-])CC(=O)[O-].[Tb+3]. The number of aliphatic carboxylic acids is 4. The molecule has 21 heavy (non-hydrogen) atoms. The van der Waals surface area contributed by atoms with E-state index in [0.29, 0.717) is 0 Å². The summed E-state index contributed by atoms with van der Waals surface area (Å²) in [6.45, 7) is -3.25. The first-order chi connectivity index (χ1) is 9.20. The molecular weight excluding hydrogens is 435 g/mol. The largest absolute Gasteiger partial charge is 3.00 e. The number of carbonyl (C=O) groups is 4. The maximum Gasteiger partial charge on any atom is 3.00 e. The average Bonchev–Trinajstić information content (AvgIpc) is 2.22. The van der Waals surface area contributed by atoms with Crippen LogP contribution in [-0.2, 0) is 19.2 Å². The Hall–Kier alpha value is -0.914. The summed E-state index contributed by atoms with van der Waals surface area (Å²) < 4.78 is 0. The molecule has 0 saturated heterocycles. The van der Waals surface area contributed by atoms with Crippen molar-refractivity contribution in [3.8, 4) is 0 Å². The molecule has 0 aromatic carbocycles. The maximum absolute atomic E-state index is 10.4. The Kier molecular flexibility index (Phi) is 12.5. The molecule has 0 aliphatic carbocycles. The molecule has 0 aliphatic rings. The van der Waals surface area contributed by atoms with E-state index >= 15 is 0 Å². The van der Waals surface area contributed by atoms with Gasteiger partial charge in [0.2, 0.25) is 0 Å². The van der Waals surface area contributed by atoms with Crippen LogP contribution in [-0.4, -0.2) is 72.9 Å². The second kappa shape index (κ2) is 11.7. The standard InChI is InChI=1S/C10H16N2O8.Tb/c13-7(14)3-11(4-8(15)16)1-2-12(5-9(17)18)6-10(19)20;/h1-6H2,(H,13,14)(H,15,16)(H,17,18)(H,19,20);/q;+3/p-4. The molecule has 0 bridgehead atoms. The van der Waals surface area contributed by atoms with Crippen LogP contribution < -0.4 is 20.4 Å². The Morgan fingerprint density at radius 2 is 0.762 bits per heavy atom. The molecule has 0 heterocycles. The maximum atomic E-state index is 10.4. The summed E-state index contributed by atoms with van der Waals surface area (Å²) >= 11 is 0. The van der Waals surface area contributed by atoms with Crippen LogP contribution in [0.4, 0.5) is 0 Å². The van der Waals surface area contributed by atoms with Gasteiger partial charge in [-0.25, -0.2) is 0 Å². The van der Waals surface area contributed by atoms with E-state index in [4.69, 9.17) is 0 Å². The summed E-state index contributed by atoms with van der Waals surface area (Å²) in [5, 5.41) is 41.6. The quantitative estimate of drug-likeness (QED) is 0.297. The molecule has 0 aromatic heterocycles. The molecule has 0 rings (SSSR count). The van der Waals surface area contributed by atoms with Gasteiger partial charge in [-0.1, -0.05) is 0 Å². The van der Waals surface area contributed by atoms with Crippen LogP contribution in [0.5, 0.6) is 0 Å². The molecule has 0 spiro atoms. The van der Waals surface area contributed by atoms with Crippen LogP contribution in [0.2, 0.25) is 0 Å². The zero-order chi connectivity index (χ0) is 15.7. The van der Waals surface area contributed by atoms with E-state index in [9.17, 15) is 39.6 Å². The molecule has 0 radical (unpaired) electrons. The minimum atomic E-state index is -1.53. The van der Waals surface area contributed by atoms with Crippen LogP contribution in [0.25, 0.3) is 0 Å². The fraction of sp³-hybridized carbons (Fsp3) is 0.600. The smallest absolute Gasteiger partial charge is 0.549 e. The molecule has 10 nitrogen and oxygen atoms in total. The van der Waals surface area contributed by atoms with E-state index in [1.165, 1.54) is 0 Å². The van der Waals surface area contributed by atoms with Gasteiger partial charge in [0.1, 0.15) is 0 Å². The van der Waals surface area contributed by atoms with Crippen molar-refractivity contribution in [3.05, 3.63) is 0 Å². The molecule has 0 N–H and O–H groups in total. The third kappa shape index (κ3) is 13.8. The van der Waals surface area contributed by atoms with Gasteiger partial charge in [0.25, 0.3) is 0 Å². The van der Waals surface area contributed by atoms with Crippen molar-refractivity contribution < 1.29 is 78.2 Å². The Morgan fingerprint density at radius 1 is 0.571 bits per heavy atom. The average molecular weight is 447 g/mol. The minimum Gasteiger partial charge on any atom is -0.549 e. The first-order valence-electron chi connectivity index (χ1n) is 5.44. The van der Waals surface area contributed by atoms with E-state index in [1.807, 2.05) is 0 Å². The molecular formula is C10H12N2O8Tb-. The van der Waals surface area contributed by atoms with Crippen molar-refractivity contribution in [1.29, 1.82) is 0 Å². The fourth-order valence-corrected chi connectivity index (χ4v) is 1.44. The van der Waals surface area contributed by atoms with Crippen molar-refractivity contribution in [2.24, 2.45) is 0 Å². The third-order valence-electron chi connectivity index (χ3n) is 2.14. The summed E-state index contributed by atoms with van der Waals surface area (Å²) in [6.07, 6.45) is 0. The van der Waals surface area contributed by atoms with Gasteiger partial charge in [-0.2, -0.15) is 0 Å². The summed E-state index contributed by atoms with van der Waals surface area (Å²) in [7, 11) is 0. The third-order valence-corrected chi connectivity index (χ3v) is 2.14. The Labute approximate surface area is 150 Å². The van der Waals surface area contributed by atoms with Crippen molar-refractivity contribution >= 4 is 23.9 Å². The number of hydrogen-bond donors (Lipinski definition) is 0. The van der Waals surface area contributed by atoms with Gasteiger partial charge in [0.15, 0.2) is 0 Å². The number of nitrogens with zero attached hydrogens (tertiary/aromatic N) is 2. The van der Waals surface area contributed by atoms with E-state index in [0.717, 1.165) is 9.80 Å². The Bertz CT molecular complexity index is 321. The minimum absolute atomic E-state index is 0. The Morgan fingerprint density at radius 3 is 0.905 bits per heavy atom. The molecule has 0 saturated carbocycles. The van der Waals surface area contributed by atoms with Crippen molar-refractivity contribution in [1.82, 2.24) is 9.80 Å². The first kappa shape index (κ1) is 22.4. The van der Waals surface area contributed by atoms with E-state index in [1.54, 1.807) is 0 Å². The first-order valence-corrected chi connectivity index (χ1v) is 5.44. The van der Waals surface area contributed by atoms with Crippen LogP contribution in [0.3, 0.4) is 0 Å². The number of rotatable bonds is 11. The van der Waals surface area contributed by atoms with Gasteiger partial charge >= 0.3 is 38.6 Å². The van der Waals surface area contributed by atoms with E-state index in [2.05, 4.69) is 0 Å². The van der Waals surface area contributed by atoms with Crippen LogP contribution in [0, 0.1) is 38.6 Å². The van der Waals surface area contributed by atoms with Crippen molar-refractivity contribution in [2.75, 3.05) is 39.3 Å². The van der Waals surface area contributed by atoms with Crippen LogP contribution >= 0.6 is 0 Å². The van der Waals surface area contributed by atoms with Gasteiger partial charge in [-0.15, -0.1) is 0 Å². The zero-order valence-electron chi connectivity index (χ0n) is 10.7. The summed E-state index contributed by atoms with van der Waals surface area (Å²) in [6, 6.07) is 0. The molecule has 0 aliphatic heterocycles. The van der Waals surface area contributed by atoms with E-state index < -0.39 is 50.1 Å². The van der Waals surface area contributed by atoms with Crippen molar-refractivity contribution in [2.45, 2.75) is 0 Å². The molecule has 0 fully saturated rings. The van der Waals surface area contributed by atoms with Gasteiger partial charge in [-0.05, 0) is 0 Å². The molecule has 0 unspecified atom stereocenters. The van der Waals surface area contributed by atoms with Crippen molar-refractivity contribution in [3.63, 3.8) is 0 Å². The van der Waals surface area contributed by atoms with Gasteiger partial charge in [0, 0.05) is 39.3 Å². The monoisotopic (exact) mass is 447 g/mol. The zero-order valence-corrected chi connectivity index (χ0v) is 12.9. The van der Waals surface area contributed by atoms with Crippen LogP contribution in [0.1, 0.15) is 0 Å². The van der Waals surface area contributed by atoms with E-state index in [-0.39, 0.29) is 51.7 Å². The molecule has 0 aromatic rings. The normalized spacial score (nSPS) is 10.2. The van der Waals surface area contributed by atoms with Gasteiger partial charge in [0.05, 0.1) is 23.9 Å². The summed E-state index contributed by atoms with van der Waals surface area (Å²) in [5.41, 5.74) is 0. The van der Waals surface area contributed by atoms with Gasteiger partial charge in [-0.3, -0.25) is 9.80 Å². The van der Waals surface area contributed by atoms with Gasteiger partial charge < -0.3 is 39.6 Å². The number of carboxylic acid groups (broad SMARTS) is 4. The molecule has 120 valence electrons. The Balaban J connectivity index is 0. The fourth-order valence-electron chi connectivity index (χ4n) is 1.44. The topological polar surface area (TPSA) is 167 Å².